The largest absolute Gasteiger partial charge is 0.450 e. The molecule has 1 heterocycles. The highest BCUT2D eigenvalue weighted by molar-refractivity contribution is 5.67. The molecule has 0 unspecified atom stereocenters. The fraction of sp³-hybridized carbons (Fsp3) is 0.714. The van der Waals surface area contributed by atoms with Crippen LogP contribution in [0.15, 0.2) is 12.5 Å². The van der Waals surface area contributed by atoms with Gasteiger partial charge in [-0.1, -0.05) is 26.2 Å². The minimum Gasteiger partial charge on any atom is -0.450 e. The number of hydrogen-bond acceptors (Lipinski definition) is 3. The molecule has 1 atom stereocenters. The highest BCUT2D eigenvalue weighted by Crippen LogP contribution is 2.03. The number of aromatic nitrogens is 2. The maximum atomic E-state index is 11.5. The first-order valence-electron chi connectivity index (χ1n) is 7.13. The van der Waals surface area contributed by atoms with Crippen LogP contribution < -0.4 is 5.32 Å². The van der Waals surface area contributed by atoms with Crippen LogP contribution in [-0.4, -0.2) is 28.7 Å². The zero-order valence-electron chi connectivity index (χ0n) is 11.9. The van der Waals surface area contributed by atoms with E-state index < -0.39 is 0 Å². The summed E-state index contributed by atoms with van der Waals surface area (Å²) in [6, 6.07) is 0.187. The molecule has 0 spiro atoms. The molecular weight excluding hydrogens is 242 g/mol. The molecule has 1 rings (SSSR count). The van der Waals surface area contributed by atoms with Crippen LogP contribution >= 0.6 is 0 Å². The Kier molecular flexibility index (Phi) is 7.70. The van der Waals surface area contributed by atoms with Gasteiger partial charge in [0, 0.05) is 17.9 Å². The van der Waals surface area contributed by atoms with E-state index in [-0.39, 0.29) is 12.1 Å². The highest BCUT2D eigenvalue weighted by atomic mass is 16.5. The lowest BCUT2D eigenvalue weighted by atomic mass is 10.1. The fourth-order valence-corrected chi connectivity index (χ4v) is 1.86. The van der Waals surface area contributed by atoms with E-state index >= 15 is 0 Å². The molecule has 5 heteroatoms. The zero-order chi connectivity index (χ0) is 13.9. The van der Waals surface area contributed by atoms with E-state index in [1.807, 2.05) is 6.92 Å². The van der Waals surface area contributed by atoms with Crippen molar-refractivity contribution < 1.29 is 9.53 Å². The van der Waals surface area contributed by atoms with E-state index in [9.17, 15) is 4.79 Å². The number of carbonyl (C=O) groups is 1. The fourth-order valence-electron chi connectivity index (χ4n) is 1.86. The highest BCUT2D eigenvalue weighted by Gasteiger charge is 2.07. The van der Waals surface area contributed by atoms with Crippen molar-refractivity contribution in [1.29, 1.82) is 0 Å². The van der Waals surface area contributed by atoms with Crippen LogP contribution in [0.3, 0.4) is 0 Å². The molecule has 1 aromatic heterocycles. The van der Waals surface area contributed by atoms with Crippen molar-refractivity contribution in [2.75, 3.05) is 6.61 Å². The Morgan fingerprint density at radius 3 is 3.00 bits per heavy atom. The molecule has 19 heavy (non-hydrogen) atoms. The number of ether oxygens (including phenoxy) is 1. The number of rotatable bonds is 9. The molecule has 0 radical (unpaired) electrons. The lowest BCUT2D eigenvalue weighted by Gasteiger charge is -2.13. The normalized spacial score (nSPS) is 12.1. The van der Waals surface area contributed by atoms with Crippen molar-refractivity contribution in [2.24, 2.45) is 0 Å². The molecule has 0 aliphatic heterocycles. The predicted molar refractivity (Wildman–Crippen MR) is 75.0 cm³/mol. The SMILES string of the molecule is CCCCC[C@@H](C)NC(=O)OCCCc1cnc[nH]1. The number of amides is 1. The van der Waals surface area contributed by atoms with E-state index in [1.54, 1.807) is 12.5 Å². The lowest BCUT2D eigenvalue weighted by molar-refractivity contribution is 0.141. The van der Waals surface area contributed by atoms with E-state index in [0.29, 0.717) is 6.61 Å². The summed E-state index contributed by atoms with van der Waals surface area (Å²) in [5.74, 6) is 0. The van der Waals surface area contributed by atoms with Gasteiger partial charge in [-0.15, -0.1) is 0 Å². The van der Waals surface area contributed by atoms with Gasteiger partial charge in [-0.25, -0.2) is 9.78 Å². The molecule has 0 bridgehead atoms. The van der Waals surface area contributed by atoms with Gasteiger partial charge in [-0.2, -0.15) is 0 Å². The second-order valence-electron chi connectivity index (χ2n) is 4.86. The lowest BCUT2D eigenvalue weighted by Crippen LogP contribution is -2.33. The first-order chi connectivity index (χ1) is 9.22. The van der Waals surface area contributed by atoms with Crippen LogP contribution in [-0.2, 0) is 11.2 Å². The quantitative estimate of drug-likeness (QED) is 0.676. The minimum atomic E-state index is -0.311. The summed E-state index contributed by atoms with van der Waals surface area (Å²) in [5.41, 5.74) is 1.07. The summed E-state index contributed by atoms with van der Waals surface area (Å²) < 4.78 is 5.13. The van der Waals surface area contributed by atoms with E-state index in [2.05, 4.69) is 22.2 Å². The number of nitrogens with one attached hydrogen (secondary N) is 2. The molecule has 0 fully saturated rings. The predicted octanol–water partition coefficient (Wildman–Crippen LogP) is 3.04. The average molecular weight is 267 g/mol. The maximum absolute atomic E-state index is 11.5. The molecule has 0 saturated heterocycles. The third-order valence-corrected chi connectivity index (χ3v) is 2.98. The molecule has 1 amide bonds. The number of H-pyrrole nitrogens is 1. The third kappa shape index (κ3) is 7.49. The Bertz CT molecular complexity index is 338. The number of alkyl carbamates (subject to hydrolysis) is 1. The van der Waals surface area contributed by atoms with E-state index in [4.69, 9.17) is 4.74 Å². The second-order valence-corrected chi connectivity index (χ2v) is 4.86. The van der Waals surface area contributed by atoms with E-state index in [1.165, 1.54) is 12.8 Å². The van der Waals surface area contributed by atoms with Crippen molar-refractivity contribution in [1.82, 2.24) is 15.3 Å². The summed E-state index contributed by atoms with van der Waals surface area (Å²) in [5, 5.41) is 2.85. The summed E-state index contributed by atoms with van der Waals surface area (Å²) >= 11 is 0. The van der Waals surface area contributed by atoms with Crippen LogP contribution in [0.25, 0.3) is 0 Å². The first kappa shape index (κ1) is 15.5. The molecule has 0 aliphatic carbocycles. The Balaban J connectivity index is 2.01. The van der Waals surface area contributed by atoms with Gasteiger partial charge in [0.1, 0.15) is 0 Å². The van der Waals surface area contributed by atoms with Gasteiger partial charge in [0.25, 0.3) is 0 Å². The standard InChI is InChI=1S/C14H25N3O2/c1-3-4-5-7-12(2)17-14(18)19-9-6-8-13-10-15-11-16-13/h10-12H,3-9H2,1-2H3,(H,15,16)(H,17,18)/t12-/m1/s1. The number of aromatic amines is 1. The van der Waals surface area contributed by atoms with Crippen molar-refractivity contribution >= 4 is 6.09 Å². The van der Waals surface area contributed by atoms with E-state index in [0.717, 1.165) is 31.4 Å². The second kappa shape index (κ2) is 9.42. The molecular formula is C14H25N3O2. The Labute approximate surface area is 115 Å². The van der Waals surface area contributed by atoms with Crippen LogP contribution in [0, 0.1) is 0 Å². The minimum absolute atomic E-state index is 0.187. The molecule has 0 aromatic carbocycles. The van der Waals surface area contributed by atoms with Crippen LogP contribution in [0.2, 0.25) is 0 Å². The molecule has 0 saturated carbocycles. The number of hydrogen-bond donors (Lipinski definition) is 2. The van der Waals surface area contributed by atoms with Crippen molar-refractivity contribution in [3.05, 3.63) is 18.2 Å². The van der Waals surface area contributed by atoms with Gasteiger partial charge < -0.3 is 15.0 Å². The van der Waals surface area contributed by atoms with Crippen molar-refractivity contribution in [2.45, 2.75) is 58.4 Å². The van der Waals surface area contributed by atoms with Gasteiger partial charge in [0.15, 0.2) is 0 Å². The maximum Gasteiger partial charge on any atom is 0.407 e. The van der Waals surface area contributed by atoms with Crippen molar-refractivity contribution in [3.8, 4) is 0 Å². The van der Waals surface area contributed by atoms with Crippen LogP contribution in [0.1, 0.15) is 51.6 Å². The van der Waals surface area contributed by atoms with Crippen LogP contribution in [0.4, 0.5) is 4.79 Å². The molecule has 0 aliphatic rings. The molecule has 1 aromatic rings. The van der Waals surface area contributed by atoms with Gasteiger partial charge in [-0.05, 0) is 26.2 Å². The topological polar surface area (TPSA) is 67.0 Å². The summed E-state index contributed by atoms with van der Waals surface area (Å²) in [6.45, 7) is 4.63. The smallest absolute Gasteiger partial charge is 0.407 e. The summed E-state index contributed by atoms with van der Waals surface area (Å²) in [7, 11) is 0. The Morgan fingerprint density at radius 2 is 2.32 bits per heavy atom. The number of nitrogens with zero attached hydrogens (tertiary/aromatic N) is 1. The Morgan fingerprint density at radius 1 is 1.47 bits per heavy atom. The molecule has 5 nitrogen and oxygen atoms in total. The average Bonchev–Trinajstić information content (AvgIpc) is 2.88. The Hall–Kier alpha value is -1.52. The molecule has 2 N–H and O–H groups in total. The van der Waals surface area contributed by atoms with Gasteiger partial charge in [-0.3, -0.25) is 0 Å². The number of unbranched alkanes of at least 4 members (excludes halogenated alkanes) is 2. The summed E-state index contributed by atoms with van der Waals surface area (Å²) in [6.07, 6.45) is 9.36. The van der Waals surface area contributed by atoms with Gasteiger partial charge in [0.05, 0.1) is 12.9 Å². The summed E-state index contributed by atoms with van der Waals surface area (Å²) in [4.78, 5) is 18.4. The molecule has 108 valence electrons. The van der Waals surface area contributed by atoms with Crippen LogP contribution in [0.5, 0.6) is 0 Å². The number of aryl methyl sites for hydroxylation is 1. The monoisotopic (exact) mass is 267 g/mol. The van der Waals surface area contributed by atoms with Gasteiger partial charge in [0.2, 0.25) is 0 Å². The zero-order valence-corrected chi connectivity index (χ0v) is 11.9. The number of imidazole rings is 1. The first-order valence-corrected chi connectivity index (χ1v) is 7.13. The number of carbonyl (C=O) groups excluding carboxylic acids is 1. The third-order valence-electron chi connectivity index (χ3n) is 2.98. The van der Waals surface area contributed by atoms with Gasteiger partial charge >= 0.3 is 6.09 Å². The van der Waals surface area contributed by atoms with Crippen molar-refractivity contribution in [3.63, 3.8) is 0 Å².